The first-order chi connectivity index (χ1) is 11.0. The third-order valence-electron chi connectivity index (χ3n) is 4.00. The summed E-state index contributed by atoms with van der Waals surface area (Å²) in [5.41, 5.74) is 0.841. The number of nitrogens with zero attached hydrogens (tertiary/aromatic N) is 1. The molecular weight excluding hydrogens is 314 g/mol. The maximum absolute atomic E-state index is 12.3. The van der Waals surface area contributed by atoms with E-state index in [1.165, 1.54) is 11.8 Å². The van der Waals surface area contributed by atoms with Gasteiger partial charge >= 0.3 is 0 Å². The Balaban J connectivity index is 2.37. The molecule has 0 N–H and O–H groups in total. The Morgan fingerprint density at radius 3 is 2.65 bits per heavy atom. The number of hydrogen-bond donors (Lipinski definition) is 0. The summed E-state index contributed by atoms with van der Waals surface area (Å²) in [5, 5.41) is 0.613. The van der Waals surface area contributed by atoms with Crippen LogP contribution in [0.5, 0.6) is 0 Å². The molecule has 5 heteroatoms. The van der Waals surface area contributed by atoms with Crippen LogP contribution in [0.25, 0.3) is 0 Å². The highest BCUT2D eigenvalue weighted by molar-refractivity contribution is 6.30. The Kier molecular flexibility index (Phi) is 5.81. The van der Waals surface area contributed by atoms with Crippen molar-refractivity contribution in [1.29, 1.82) is 0 Å². The van der Waals surface area contributed by atoms with Crippen LogP contribution in [0.2, 0.25) is 5.02 Å². The van der Waals surface area contributed by atoms with Gasteiger partial charge in [-0.15, -0.1) is 6.42 Å². The topological polar surface area (TPSA) is 46.6 Å². The quantitative estimate of drug-likeness (QED) is 0.778. The highest BCUT2D eigenvalue weighted by Gasteiger charge is 2.41. The fraction of sp³-hybridized carbons (Fsp3) is 0.444. The van der Waals surface area contributed by atoms with Gasteiger partial charge < -0.3 is 9.64 Å². The van der Waals surface area contributed by atoms with Crippen molar-refractivity contribution in [2.45, 2.75) is 44.9 Å². The van der Waals surface area contributed by atoms with Crippen molar-refractivity contribution in [2.24, 2.45) is 0 Å². The molecular formula is C18H20ClNO3. The minimum absolute atomic E-state index is 0.0581. The maximum atomic E-state index is 12.3. The molecule has 1 aliphatic rings. The van der Waals surface area contributed by atoms with E-state index < -0.39 is 18.2 Å². The molecule has 1 fully saturated rings. The SMILES string of the molecule is C#C[C@H]1[C@@H](c2ccc(Cl)cc2)OCC(=O)N1[C@@H](CCC)C(C)=O. The first-order valence-electron chi connectivity index (χ1n) is 7.64. The lowest BCUT2D eigenvalue weighted by atomic mass is 9.95. The lowest BCUT2D eigenvalue weighted by Crippen LogP contribution is -2.56. The second-order valence-corrected chi connectivity index (χ2v) is 6.05. The van der Waals surface area contributed by atoms with E-state index >= 15 is 0 Å². The Labute approximate surface area is 141 Å². The molecule has 1 saturated heterocycles. The van der Waals surface area contributed by atoms with E-state index in [1.807, 2.05) is 19.1 Å². The lowest BCUT2D eigenvalue weighted by molar-refractivity contribution is -0.161. The predicted molar refractivity (Wildman–Crippen MR) is 89.0 cm³/mol. The molecule has 1 heterocycles. The van der Waals surface area contributed by atoms with Crippen molar-refractivity contribution in [3.8, 4) is 12.3 Å². The largest absolute Gasteiger partial charge is 0.360 e. The van der Waals surface area contributed by atoms with E-state index in [1.54, 1.807) is 12.1 Å². The normalized spacial score (nSPS) is 22.5. The molecule has 1 amide bonds. The van der Waals surface area contributed by atoms with Gasteiger partial charge in [0.15, 0.2) is 5.78 Å². The molecule has 1 aromatic carbocycles. The van der Waals surface area contributed by atoms with E-state index in [4.69, 9.17) is 22.8 Å². The monoisotopic (exact) mass is 333 g/mol. The van der Waals surface area contributed by atoms with Gasteiger partial charge in [0.2, 0.25) is 5.91 Å². The van der Waals surface area contributed by atoms with E-state index in [0.29, 0.717) is 11.4 Å². The summed E-state index contributed by atoms with van der Waals surface area (Å²) in [5.74, 6) is 2.33. The number of halogens is 1. The average molecular weight is 334 g/mol. The predicted octanol–water partition coefficient (Wildman–Crippen LogP) is 3.00. The van der Waals surface area contributed by atoms with Gasteiger partial charge in [0, 0.05) is 5.02 Å². The van der Waals surface area contributed by atoms with Gasteiger partial charge in [-0.1, -0.05) is 43.0 Å². The molecule has 2 rings (SSSR count). The second kappa shape index (κ2) is 7.63. The van der Waals surface area contributed by atoms with Crippen LogP contribution in [-0.2, 0) is 14.3 Å². The number of Topliss-reactive ketones (excluding diaryl/α,β-unsaturated/α-hetero) is 1. The van der Waals surface area contributed by atoms with Gasteiger partial charge in [0.05, 0.1) is 6.04 Å². The zero-order valence-electron chi connectivity index (χ0n) is 13.3. The first kappa shape index (κ1) is 17.5. The number of benzene rings is 1. The molecule has 3 atom stereocenters. The summed E-state index contributed by atoms with van der Waals surface area (Å²) in [6.45, 7) is 3.38. The summed E-state index contributed by atoms with van der Waals surface area (Å²) >= 11 is 5.92. The molecule has 4 nitrogen and oxygen atoms in total. The fourth-order valence-electron chi connectivity index (χ4n) is 2.91. The number of ketones is 1. The molecule has 0 unspecified atom stereocenters. The Morgan fingerprint density at radius 2 is 2.13 bits per heavy atom. The van der Waals surface area contributed by atoms with E-state index in [0.717, 1.165) is 12.0 Å². The minimum atomic E-state index is -0.613. The number of amides is 1. The molecule has 0 bridgehead atoms. The number of terminal acetylenes is 1. The lowest BCUT2D eigenvalue weighted by Gasteiger charge is -2.42. The van der Waals surface area contributed by atoms with Crippen molar-refractivity contribution in [3.05, 3.63) is 34.9 Å². The molecule has 122 valence electrons. The summed E-state index contributed by atoms with van der Waals surface area (Å²) in [4.78, 5) is 25.9. The average Bonchev–Trinajstić information content (AvgIpc) is 2.53. The van der Waals surface area contributed by atoms with E-state index in [2.05, 4.69) is 5.92 Å². The highest BCUT2D eigenvalue weighted by atomic mass is 35.5. The molecule has 1 aliphatic heterocycles. The van der Waals surface area contributed by atoms with Crippen LogP contribution >= 0.6 is 11.6 Å². The molecule has 0 radical (unpaired) electrons. The van der Waals surface area contributed by atoms with Crippen LogP contribution < -0.4 is 0 Å². The van der Waals surface area contributed by atoms with Crippen LogP contribution in [0.3, 0.4) is 0 Å². The van der Waals surface area contributed by atoms with Crippen molar-refractivity contribution in [2.75, 3.05) is 6.61 Å². The van der Waals surface area contributed by atoms with Crippen molar-refractivity contribution in [3.63, 3.8) is 0 Å². The van der Waals surface area contributed by atoms with Crippen LogP contribution in [0.4, 0.5) is 0 Å². The molecule has 0 saturated carbocycles. The van der Waals surface area contributed by atoms with Crippen LogP contribution in [0.1, 0.15) is 38.4 Å². The van der Waals surface area contributed by atoms with Gasteiger partial charge in [-0.25, -0.2) is 0 Å². The summed E-state index contributed by atoms with van der Waals surface area (Å²) < 4.78 is 5.67. The third kappa shape index (κ3) is 3.74. The smallest absolute Gasteiger partial charge is 0.250 e. The van der Waals surface area contributed by atoms with Crippen molar-refractivity contribution in [1.82, 2.24) is 4.90 Å². The van der Waals surface area contributed by atoms with Gasteiger partial charge in [-0.2, -0.15) is 0 Å². The van der Waals surface area contributed by atoms with E-state index in [9.17, 15) is 9.59 Å². The van der Waals surface area contributed by atoms with Crippen LogP contribution in [0, 0.1) is 12.3 Å². The summed E-state index contributed by atoms with van der Waals surface area (Å²) in [6.07, 6.45) is 6.60. The van der Waals surface area contributed by atoms with E-state index in [-0.39, 0.29) is 18.3 Å². The standard InChI is InChI=1S/C18H20ClNO3/c1-4-6-16(12(3)21)20-15(5-2)18(23-11-17(20)22)13-7-9-14(19)10-8-13/h2,7-10,15-16,18H,4,6,11H2,1,3H3/t15-,16-,18+/m0/s1. The van der Waals surface area contributed by atoms with Gasteiger partial charge in [-0.3, -0.25) is 9.59 Å². The molecule has 1 aromatic rings. The first-order valence-corrected chi connectivity index (χ1v) is 8.02. The number of hydrogen-bond acceptors (Lipinski definition) is 3. The number of morpholine rings is 1. The summed E-state index contributed by atoms with van der Waals surface area (Å²) in [7, 11) is 0. The van der Waals surface area contributed by atoms with Crippen LogP contribution in [-0.4, -0.2) is 35.3 Å². The molecule has 0 spiro atoms. The Morgan fingerprint density at radius 1 is 1.48 bits per heavy atom. The van der Waals surface area contributed by atoms with Crippen molar-refractivity contribution >= 4 is 23.3 Å². The zero-order valence-corrected chi connectivity index (χ0v) is 14.0. The summed E-state index contributed by atoms with van der Waals surface area (Å²) in [6, 6.07) is 6.04. The van der Waals surface area contributed by atoms with Gasteiger partial charge in [-0.05, 0) is 31.0 Å². The third-order valence-corrected chi connectivity index (χ3v) is 4.25. The number of carbonyl (C=O) groups excluding carboxylic acids is 2. The number of rotatable bonds is 5. The fourth-order valence-corrected chi connectivity index (χ4v) is 3.03. The van der Waals surface area contributed by atoms with Gasteiger partial charge in [0.25, 0.3) is 0 Å². The molecule has 0 aromatic heterocycles. The second-order valence-electron chi connectivity index (χ2n) is 5.61. The maximum Gasteiger partial charge on any atom is 0.250 e. The Bertz CT molecular complexity index is 620. The van der Waals surface area contributed by atoms with Crippen LogP contribution in [0.15, 0.2) is 24.3 Å². The zero-order chi connectivity index (χ0) is 17.0. The van der Waals surface area contributed by atoms with Gasteiger partial charge in [0.1, 0.15) is 18.8 Å². The number of carbonyl (C=O) groups is 2. The molecule has 23 heavy (non-hydrogen) atoms. The Hall–Kier alpha value is -1.83. The number of ether oxygens (including phenoxy) is 1. The molecule has 0 aliphatic carbocycles. The van der Waals surface area contributed by atoms with Crippen molar-refractivity contribution < 1.29 is 14.3 Å². The minimum Gasteiger partial charge on any atom is -0.360 e. The highest BCUT2D eigenvalue weighted by Crippen LogP contribution is 2.31.